The van der Waals surface area contributed by atoms with Gasteiger partial charge in [-0.3, -0.25) is 5.32 Å². The molecule has 9 aromatic rings. The van der Waals surface area contributed by atoms with Gasteiger partial charge in [-0.05, 0) is 80.2 Å². The Hall–Kier alpha value is -6.27. The highest BCUT2D eigenvalue weighted by atomic mass is 32.1. The van der Waals surface area contributed by atoms with Gasteiger partial charge in [0.1, 0.15) is 23.3 Å². The minimum atomic E-state index is -0.199. The van der Waals surface area contributed by atoms with Gasteiger partial charge in [0.25, 0.3) is 0 Å². The van der Waals surface area contributed by atoms with Gasteiger partial charge in [-0.2, -0.15) is 0 Å². The normalized spacial score (nSPS) is 17.9. The molecule has 0 bridgehead atoms. The van der Waals surface area contributed by atoms with Crippen LogP contribution in [0, 0.1) is 0 Å². The molecule has 0 radical (unpaired) electrons. The summed E-state index contributed by atoms with van der Waals surface area (Å²) < 4.78 is 9.10. The quantitative estimate of drug-likeness (QED) is 0.180. The molecule has 0 amide bonds. The fourth-order valence-corrected chi connectivity index (χ4v) is 9.37. The van der Waals surface area contributed by atoms with Crippen LogP contribution in [0.15, 0.2) is 173 Å². The molecule has 3 heterocycles. The van der Waals surface area contributed by atoms with Crippen molar-refractivity contribution in [3.05, 3.63) is 186 Å². The van der Waals surface area contributed by atoms with E-state index in [1.807, 2.05) is 11.3 Å². The predicted octanol–water partition coefficient (Wildman–Crippen LogP) is 11.9. The Bertz CT molecular complexity index is 3000. The summed E-state index contributed by atoms with van der Waals surface area (Å²) in [5, 5.41) is 16.3. The monoisotopic (exact) mass is 699 g/mol. The molecule has 0 spiro atoms. The second-order valence-corrected chi connectivity index (χ2v) is 15.1. The largest absolute Gasteiger partial charge is 0.456 e. The number of furan rings is 1. The van der Waals surface area contributed by atoms with E-state index in [4.69, 9.17) is 9.41 Å². The van der Waals surface area contributed by atoms with Crippen molar-refractivity contribution in [2.75, 3.05) is 0 Å². The third-order valence-electron chi connectivity index (χ3n) is 10.8. The van der Waals surface area contributed by atoms with Crippen molar-refractivity contribution < 1.29 is 4.42 Å². The number of fused-ring (bicyclic) bond motifs is 9. The zero-order valence-electron chi connectivity index (χ0n) is 28.7. The van der Waals surface area contributed by atoms with E-state index in [-0.39, 0.29) is 12.3 Å². The average Bonchev–Trinajstić information content (AvgIpc) is 3.78. The maximum atomic E-state index is 6.48. The number of allylic oxidation sites excluding steroid dienone is 2. The molecular weight excluding hydrogens is 667 g/mol. The summed E-state index contributed by atoms with van der Waals surface area (Å²) >= 11 is 1.86. The molecule has 252 valence electrons. The lowest BCUT2D eigenvalue weighted by molar-refractivity contribution is 0.450. The Morgan fingerprint density at radius 1 is 0.642 bits per heavy atom. The van der Waals surface area contributed by atoms with Crippen molar-refractivity contribution in [1.29, 1.82) is 0 Å². The number of hydrogen-bond donors (Lipinski definition) is 2. The number of benzene rings is 7. The number of nitrogens with zero attached hydrogens (tertiary/aromatic N) is 1. The lowest BCUT2D eigenvalue weighted by Crippen LogP contribution is -2.50. The first-order valence-electron chi connectivity index (χ1n) is 18.1. The number of amidine groups is 1. The highest BCUT2D eigenvalue weighted by molar-refractivity contribution is 7.25. The standard InChI is InChI=1S/C48H33N3OS/c1-2-10-31(11-3-1)47-49-45(50-48(51-47)34-21-22-36-32(27-34)19-18-30-9-4-5-12-35(30)36)26-29-17-24-41-40(25-29)46-37(14-8-15-42(46)52-41)33-20-23-39-38-13-6-7-16-43(38)53-44(39)28-33/h1-24,26-28,45,47,49H,25H2,(H,50,51)/b29-26+. The molecular formula is C48H33N3OS. The Balaban J connectivity index is 0.955. The van der Waals surface area contributed by atoms with Crippen LogP contribution >= 0.6 is 11.3 Å². The van der Waals surface area contributed by atoms with Crippen LogP contribution in [0.25, 0.3) is 69.9 Å². The first kappa shape index (κ1) is 30.4. The third kappa shape index (κ3) is 5.20. The van der Waals surface area contributed by atoms with Crippen molar-refractivity contribution in [2.45, 2.75) is 18.8 Å². The maximum Gasteiger partial charge on any atom is 0.135 e. The summed E-state index contributed by atoms with van der Waals surface area (Å²) in [5.41, 5.74) is 7.99. The molecule has 11 rings (SSSR count). The molecule has 0 saturated carbocycles. The molecule has 2 aliphatic rings. The predicted molar refractivity (Wildman–Crippen MR) is 223 cm³/mol. The van der Waals surface area contributed by atoms with E-state index in [0.717, 1.165) is 34.7 Å². The van der Waals surface area contributed by atoms with Gasteiger partial charge in [0.2, 0.25) is 0 Å². The van der Waals surface area contributed by atoms with Crippen LogP contribution in [0.5, 0.6) is 0 Å². The molecule has 7 aromatic carbocycles. The topological polar surface area (TPSA) is 49.6 Å². The van der Waals surface area contributed by atoms with Crippen LogP contribution < -0.4 is 10.6 Å². The van der Waals surface area contributed by atoms with Gasteiger partial charge in [0.05, 0.1) is 6.17 Å². The van der Waals surface area contributed by atoms with E-state index in [2.05, 4.69) is 174 Å². The molecule has 4 nitrogen and oxygen atoms in total. The smallest absolute Gasteiger partial charge is 0.135 e. The minimum Gasteiger partial charge on any atom is -0.456 e. The first-order chi connectivity index (χ1) is 26.2. The molecule has 0 fully saturated rings. The maximum absolute atomic E-state index is 6.48. The van der Waals surface area contributed by atoms with Gasteiger partial charge in [0.15, 0.2) is 0 Å². The number of aliphatic imine (C=N–C) groups is 1. The van der Waals surface area contributed by atoms with E-state index in [9.17, 15) is 0 Å². The lowest BCUT2D eigenvalue weighted by atomic mass is 9.91. The summed E-state index contributed by atoms with van der Waals surface area (Å²) in [4.78, 5) is 5.22. The van der Waals surface area contributed by atoms with Crippen LogP contribution in [0.1, 0.15) is 28.6 Å². The number of nitrogens with one attached hydrogen (secondary N) is 2. The van der Waals surface area contributed by atoms with Crippen LogP contribution in [-0.2, 0) is 6.42 Å². The Labute approximate surface area is 310 Å². The van der Waals surface area contributed by atoms with Crippen molar-refractivity contribution in [2.24, 2.45) is 4.99 Å². The van der Waals surface area contributed by atoms with Gasteiger partial charge >= 0.3 is 0 Å². The molecule has 2 unspecified atom stereocenters. The van der Waals surface area contributed by atoms with Crippen LogP contribution in [0.4, 0.5) is 0 Å². The van der Waals surface area contributed by atoms with Gasteiger partial charge < -0.3 is 9.73 Å². The van der Waals surface area contributed by atoms with Crippen molar-refractivity contribution in [3.8, 4) is 11.1 Å². The zero-order chi connectivity index (χ0) is 34.9. The van der Waals surface area contributed by atoms with Crippen LogP contribution in [0.3, 0.4) is 0 Å². The van der Waals surface area contributed by atoms with E-state index in [1.165, 1.54) is 69.4 Å². The highest BCUT2D eigenvalue weighted by Gasteiger charge is 2.25. The Morgan fingerprint density at radius 2 is 1.42 bits per heavy atom. The molecule has 5 heteroatoms. The average molecular weight is 700 g/mol. The van der Waals surface area contributed by atoms with Gasteiger partial charge in [0, 0.05) is 43.1 Å². The summed E-state index contributed by atoms with van der Waals surface area (Å²) in [6, 6.07) is 52.2. The number of rotatable bonds is 4. The Morgan fingerprint density at radius 3 is 2.36 bits per heavy atom. The van der Waals surface area contributed by atoms with Gasteiger partial charge in [-0.15, -0.1) is 11.3 Å². The van der Waals surface area contributed by atoms with E-state index in [0.29, 0.717) is 0 Å². The summed E-state index contributed by atoms with van der Waals surface area (Å²) in [6.45, 7) is 0. The van der Waals surface area contributed by atoms with Crippen LogP contribution in [0.2, 0.25) is 0 Å². The van der Waals surface area contributed by atoms with Crippen molar-refractivity contribution >= 4 is 75.9 Å². The summed E-state index contributed by atoms with van der Waals surface area (Å²) in [5.74, 6) is 1.81. The van der Waals surface area contributed by atoms with Crippen molar-refractivity contribution in [1.82, 2.24) is 10.6 Å². The van der Waals surface area contributed by atoms with Crippen LogP contribution in [-0.4, -0.2) is 12.0 Å². The third-order valence-corrected chi connectivity index (χ3v) is 11.9. The molecule has 0 saturated heterocycles. The fourth-order valence-electron chi connectivity index (χ4n) is 8.23. The molecule has 53 heavy (non-hydrogen) atoms. The Kier molecular flexibility index (Phi) is 6.97. The van der Waals surface area contributed by atoms with Gasteiger partial charge in [-0.25, -0.2) is 4.99 Å². The van der Waals surface area contributed by atoms with E-state index in [1.54, 1.807) is 0 Å². The molecule has 2 aromatic heterocycles. The molecule has 1 aliphatic heterocycles. The summed E-state index contributed by atoms with van der Waals surface area (Å²) in [7, 11) is 0. The van der Waals surface area contributed by atoms with Crippen molar-refractivity contribution in [3.63, 3.8) is 0 Å². The number of hydrogen-bond acceptors (Lipinski definition) is 5. The second kappa shape index (κ2) is 12.2. The van der Waals surface area contributed by atoms with E-state index < -0.39 is 0 Å². The zero-order valence-corrected chi connectivity index (χ0v) is 29.5. The SMILES string of the molecule is C1=Cc2oc3cccc(-c4ccc5c(c4)sc4ccccc45)c3c2C/C1=C/C1NC(c2ccc3c(ccc4ccccc43)c2)=NC(c2ccccc2)N1. The number of thiophene rings is 1. The molecule has 2 N–H and O–H groups in total. The lowest BCUT2D eigenvalue weighted by Gasteiger charge is -2.31. The minimum absolute atomic E-state index is 0.144. The van der Waals surface area contributed by atoms with E-state index >= 15 is 0 Å². The highest BCUT2D eigenvalue weighted by Crippen LogP contribution is 2.42. The molecule has 1 aliphatic carbocycles. The fraction of sp³-hybridized carbons (Fsp3) is 0.0625. The second-order valence-electron chi connectivity index (χ2n) is 14.0. The first-order valence-corrected chi connectivity index (χ1v) is 19.0. The summed E-state index contributed by atoms with van der Waals surface area (Å²) in [6.07, 6.45) is 7.06. The molecule has 2 atom stereocenters. The van der Waals surface area contributed by atoms with Gasteiger partial charge in [-0.1, -0.05) is 127 Å².